The smallest absolute Gasteiger partial charge is 0.255 e. The molecule has 1 N–H and O–H groups in total. The van der Waals surface area contributed by atoms with Gasteiger partial charge in [-0.25, -0.2) is 4.98 Å². The van der Waals surface area contributed by atoms with Crippen LogP contribution in [-0.4, -0.2) is 40.6 Å². The molecule has 5 heteroatoms. The lowest BCUT2D eigenvalue weighted by Crippen LogP contribution is -2.28. The zero-order valence-electron chi connectivity index (χ0n) is 9.47. The largest absolute Gasteiger partial charge is 0.396 e. The molecule has 1 amide bonds. The Kier molecular flexibility index (Phi) is 3.68. The average Bonchev–Trinajstić information content (AvgIpc) is 2.78. The fourth-order valence-corrected chi connectivity index (χ4v) is 2.12. The minimum absolute atomic E-state index is 0.113. The second kappa shape index (κ2) is 5.23. The van der Waals surface area contributed by atoms with Crippen LogP contribution < -0.4 is 0 Å². The molecular weight excluding hydrogens is 223 g/mol. The summed E-state index contributed by atoms with van der Waals surface area (Å²) in [6.45, 7) is 1.52. The van der Waals surface area contributed by atoms with E-state index >= 15 is 0 Å². The fraction of sp³-hybridized carbons (Fsp3) is 0.500. The van der Waals surface area contributed by atoms with Crippen LogP contribution in [0.4, 0.5) is 4.39 Å². The van der Waals surface area contributed by atoms with E-state index in [1.54, 1.807) is 4.90 Å². The highest BCUT2D eigenvalue weighted by molar-refractivity contribution is 5.94. The molecule has 1 aliphatic heterocycles. The Balaban J connectivity index is 1.99. The lowest BCUT2D eigenvalue weighted by atomic mass is 10.1. The van der Waals surface area contributed by atoms with Crippen LogP contribution in [0.2, 0.25) is 0 Å². The van der Waals surface area contributed by atoms with E-state index in [0.29, 0.717) is 24.6 Å². The van der Waals surface area contributed by atoms with Crippen molar-refractivity contribution >= 4 is 5.91 Å². The first-order valence-corrected chi connectivity index (χ1v) is 5.72. The van der Waals surface area contributed by atoms with Gasteiger partial charge in [-0.3, -0.25) is 4.79 Å². The summed E-state index contributed by atoms with van der Waals surface area (Å²) < 4.78 is 12.6. The minimum Gasteiger partial charge on any atom is -0.396 e. The van der Waals surface area contributed by atoms with Crippen molar-refractivity contribution < 1.29 is 14.3 Å². The molecule has 0 aliphatic carbocycles. The Morgan fingerprint density at radius 3 is 3.06 bits per heavy atom. The summed E-state index contributed by atoms with van der Waals surface area (Å²) in [6, 6.07) is 2.64. The van der Waals surface area contributed by atoms with Crippen molar-refractivity contribution in [2.45, 2.75) is 12.8 Å². The van der Waals surface area contributed by atoms with E-state index in [1.807, 2.05) is 0 Å². The highest BCUT2D eigenvalue weighted by Crippen LogP contribution is 2.20. The molecule has 17 heavy (non-hydrogen) atoms. The zero-order chi connectivity index (χ0) is 12.3. The minimum atomic E-state index is -0.582. The molecule has 0 aromatic carbocycles. The van der Waals surface area contributed by atoms with Gasteiger partial charge in [-0.15, -0.1) is 0 Å². The Bertz CT molecular complexity index is 394. The Morgan fingerprint density at radius 2 is 2.41 bits per heavy atom. The molecule has 1 unspecified atom stereocenters. The van der Waals surface area contributed by atoms with Gasteiger partial charge in [0.05, 0.1) is 5.56 Å². The van der Waals surface area contributed by atoms with Crippen molar-refractivity contribution in [1.82, 2.24) is 9.88 Å². The molecule has 1 aliphatic rings. The van der Waals surface area contributed by atoms with Gasteiger partial charge in [0.25, 0.3) is 5.91 Å². The Hall–Kier alpha value is -1.49. The van der Waals surface area contributed by atoms with Gasteiger partial charge in [0.2, 0.25) is 5.95 Å². The van der Waals surface area contributed by atoms with Gasteiger partial charge >= 0.3 is 0 Å². The third kappa shape index (κ3) is 2.79. The topological polar surface area (TPSA) is 53.4 Å². The van der Waals surface area contributed by atoms with Crippen molar-refractivity contribution in [2.24, 2.45) is 5.92 Å². The number of amides is 1. The summed E-state index contributed by atoms with van der Waals surface area (Å²) in [4.78, 5) is 17.2. The molecule has 0 spiro atoms. The van der Waals surface area contributed by atoms with Crippen LogP contribution in [0.5, 0.6) is 0 Å². The molecule has 0 saturated carbocycles. The molecule has 92 valence electrons. The number of hydrogen-bond donors (Lipinski definition) is 1. The molecule has 4 nitrogen and oxygen atoms in total. The van der Waals surface area contributed by atoms with Crippen LogP contribution in [-0.2, 0) is 0 Å². The normalized spacial score (nSPS) is 19.6. The van der Waals surface area contributed by atoms with Gasteiger partial charge in [-0.05, 0) is 30.9 Å². The molecule has 2 rings (SSSR count). The standard InChI is InChI=1S/C12H15FN2O2/c13-11-2-1-10(7-14-11)12(17)15-5-3-9(8-15)4-6-16/h1-2,7,9,16H,3-6,8H2. The van der Waals surface area contributed by atoms with E-state index in [-0.39, 0.29) is 12.5 Å². The summed E-state index contributed by atoms with van der Waals surface area (Å²) >= 11 is 0. The van der Waals surface area contributed by atoms with E-state index in [1.165, 1.54) is 18.3 Å². The zero-order valence-corrected chi connectivity index (χ0v) is 9.47. The number of carbonyl (C=O) groups excluding carboxylic acids is 1. The molecule has 0 radical (unpaired) electrons. The van der Waals surface area contributed by atoms with Crippen LogP contribution in [0.15, 0.2) is 18.3 Å². The van der Waals surface area contributed by atoms with E-state index < -0.39 is 5.95 Å². The number of rotatable bonds is 3. The van der Waals surface area contributed by atoms with Gasteiger partial charge in [-0.2, -0.15) is 4.39 Å². The lowest BCUT2D eigenvalue weighted by molar-refractivity contribution is 0.0784. The number of carbonyl (C=O) groups is 1. The Labute approximate surface area is 99.1 Å². The van der Waals surface area contributed by atoms with Crippen LogP contribution >= 0.6 is 0 Å². The van der Waals surface area contributed by atoms with E-state index in [0.717, 1.165) is 12.8 Å². The highest BCUT2D eigenvalue weighted by Gasteiger charge is 2.26. The summed E-state index contributed by atoms with van der Waals surface area (Å²) in [5.41, 5.74) is 0.413. The van der Waals surface area contributed by atoms with Crippen molar-refractivity contribution in [3.63, 3.8) is 0 Å². The molecule has 1 aromatic heterocycles. The predicted molar refractivity (Wildman–Crippen MR) is 59.9 cm³/mol. The van der Waals surface area contributed by atoms with Crippen molar-refractivity contribution in [1.29, 1.82) is 0 Å². The van der Waals surface area contributed by atoms with Gasteiger partial charge in [-0.1, -0.05) is 0 Å². The maximum Gasteiger partial charge on any atom is 0.255 e. The second-order valence-corrected chi connectivity index (χ2v) is 4.29. The third-order valence-electron chi connectivity index (χ3n) is 3.08. The van der Waals surface area contributed by atoms with Gasteiger partial charge < -0.3 is 10.0 Å². The van der Waals surface area contributed by atoms with E-state index in [2.05, 4.69) is 4.98 Å². The predicted octanol–water partition coefficient (Wildman–Crippen LogP) is 1.07. The third-order valence-corrected chi connectivity index (χ3v) is 3.08. The van der Waals surface area contributed by atoms with Gasteiger partial charge in [0, 0.05) is 25.9 Å². The molecular formula is C12H15FN2O2. The van der Waals surface area contributed by atoms with Crippen LogP contribution in [0, 0.1) is 11.9 Å². The van der Waals surface area contributed by atoms with Crippen molar-refractivity contribution in [2.75, 3.05) is 19.7 Å². The quantitative estimate of drug-likeness (QED) is 0.801. The summed E-state index contributed by atoms with van der Waals surface area (Å²) in [7, 11) is 0. The van der Waals surface area contributed by atoms with Crippen LogP contribution in [0.1, 0.15) is 23.2 Å². The first-order chi connectivity index (χ1) is 8.20. The first kappa shape index (κ1) is 12.0. The number of nitrogens with zero attached hydrogens (tertiary/aromatic N) is 2. The first-order valence-electron chi connectivity index (χ1n) is 5.72. The van der Waals surface area contributed by atoms with E-state index in [4.69, 9.17) is 5.11 Å². The summed E-state index contributed by atoms with van der Waals surface area (Å²) in [5, 5.41) is 8.84. The fourth-order valence-electron chi connectivity index (χ4n) is 2.12. The van der Waals surface area contributed by atoms with Crippen LogP contribution in [0.25, 0.3) is 0 Å². The maximum absolute atomic E-state index is 12.6. The molecule has 1 aromatic rings. The number of pyridine rings is 1. The maximum atomic E-state index is 12.6. The number of aromatic nitrogens is 1. The highest BCUT2D eigenvalue weighted by atomic mass is 19.1. The number of hydrogen-bond acceptors (Lipinski definition) is 3. The summed E-state index contributed by atoms with van der Waals surface area (Å²) in [6.07, 6.45) is 2.91. The second-order valence-electron chi connectivity index (χ2n) is 4.29. The van der Waals surface area contributed by atoms with Gasteiger partial charge in [0.15, 0.2) is 0 Å². The summed E-state index contributed by atoms with van der Waals surface area (Å²) in [5.74, 6) is -0.323. The SMILES string of the molecule is O=C(c1ccc(F)nc1)N1CCC(CCO)C1. The number of likely N-dealkylation sites (tertiary alicyclic amines) is 1. The van der Waals surface area contributed by atoms with E-state index in [9.17, 15) is 9.18 Å². The van der Waals surface area contributed by atoms with Crippen molar-refractivity contribution in [3.8, 4) is 0 Å². The molecule has 2 heterocycles. The number of aliphatic hydroxyl groups is 1. The Morgan fingerprint density at radius 1 is 1.59 bits per heavy atom. The number of halogens is 1. The molecule has 1 atom stereocenters. The van der Waals surface area contributed by atoms with Crippen molar-refractivity contribution in [3.05, 3.63) is 29.8 Å². The number of aliphatic hydroxyl groups excluding tert-OH is 1. The monoisotopic (exact) mass is 238 g/mol. The molecule has 1 saturated heterocycles. The van der Waals surface area contributed by atoms with Crippen LogP contribution in [0.3, 0.4) is 0 Å². The average molecular weight is 238 g/mol. The van der Waals surface area contributed by atoms with Gasteiger partial charge in [0.1, 0.15) is 0 Å². The molecule has 1 fully saturated rings. The lowest BCUT2D eigenvalue weighted by Gasteiger charge is -2.16. The molecule has 0 bridgehead atoms.